The molecule has 1 aromatic carbocycles. The number of thioether (sulfide) groups is 1. The Morgan fingerprint density at radius 2 is 2.04 bits per heavy atom. The predicted octanol–water partition coefficient (Wildman–Crippen LogP) is 3.30. The van der Waals surface area contributed by atoms with E-state index in [1.807, 2.05) is 11.0 Å². The molecule has 1 saturated heterocycles. The zero-order chi connectivity index (χ0) is 19.0. The number of hydrogen-bond donors (Lipinski definition) is 2. The molecule has 2 aliphatic rings. The molecule has 2 aromatic rings. The van der Waals surface area contributed by atoms with Gasteiger partial charge in [0.05, 0.1) is 22.6 Å². The van der Waals surface area contributed by atoms with Crippen LogP contribution in [0.4, 0.5) is 20.2 Å². The second-order valence-electron chi connectivity index (χ2n) is 6.79. The average molecular weight is 389 g/mol. The summed E-state index contributed by atoms with van der Waals surface area (Å²) in [6.45, 7) is 1.64. The van der Waals surface area contributed by atoms with Gasteiger partial charge in [0, 0.05) is 37.1 Å². The number of halogens is 2. The van der Waals surface area contributed by atoms with E-state index in [0.717, 1.165) is 49.4 Å². The van der Waals surface area contributed by atoms with Crippen molar-refractivity contribution in [3.8, 4) is 0 Å². The van der Waals surface area contributed by atoms with Crippen molar-refractivity contribution in [3.05, 3.63) is 65.1 Å². The molecular weight excluding hydrogens is 368 g/mol. The van der Waals surface area contributed by atoms with E-state index in [-0.39, 0.29) is 11.6 Å². The molecule has 0 amide bonds. The Hall–Kier alpha value is -2.32. The van der Waals surface area contributed by atoms with Crippen molar-refractivity contribution in [1.29, 1.82) is 0 Å². The lowest BCUT2D eigenvalue weighted by atomic mass is 10.1. The SMILES string of the molecule is NC1=CN(c2cnccc2N2CCCC(N)C2)[C@H](c2cc(F)ccc2F)S1. The smallest absolute Gasteiger partial charge is 0.129 e. The first-order valence-electron chi connectivity index (χ1n) is 8.84. The van der Waals surface area contributed by atoms with Crippen LogP contribution in [0.5, 0.6) is 0 Å². The maximum Gasteiger partial charge on any atom is 0.129 e. The fourth-order valence-corrected chi connectivity index (χ4v) is 4.64. The third-order valence-corrected chi connectivity index (χ3v) is 5.93. The van der Waals surface area contributed by atoms with E-state index in [9.17, 15) is 8.78 Å². The minimum absolute atomic E-state index is 0.116. The molecule has 0 radical (unpaired) electrons. The highest BCUT2D eigenvalue weighted by molar-refractivity contribution is 8.03. The lowest BCUT2D eigenvalue weighted by Gasteiger charge is -2.36. The van der Waals surface area contributed by atoms with Crippen LogP contribution in [0.25, 0.3) is 0 Å². The fraction of sp³-hybridized carbons (Fsp3) is 0.316. The molecule has 142 valence electrons. The van der Waals surface area contributed by atoms with Gasteiger partial charge in [-0.2, -0.15) is 0 Å². The standard InChI is InChI=1S/C19H21F2N5S/c20-12-3-4-15(21)14(8-12)19-26(11-18(23)27-19)17-9-24-6-5-16(17)25-7-1-2-13(22)10-25/h3-6,8-9,11,13,19H,1-2,7,10,22-23H2/t13?,19-/m0/s1. The highest BCUT2D eigenvalue weighted by Crippen LogP contribution is 2.47. The van der Waals surface area contributed by atoms with Crippen molar-refractivity contribution in [3.63, 3.8) is 0 Å². The summed E-state index contributed by atoms with van der Waals surface area (Å²) in [7, 11) is 0. The molecular formula is C19H21F2N5S. The Morgan fingerprint density at radius 3 is 2.85 bits per heavy atom. The number of nitrogens with zero attached hydrogens (tertiary/aromatic N) is 3. The Balaban J connectivity index is 1.74. The second kappa shape index (κ2) is 7.36. The monoisotopic (exact) mass is 389 g/mol. The molecule has 2 aliphatic heterocycles. The van der Waals surface area contributed by atoms with Crippen molar-refractivity contribution in [2.45, 2.75) is 24.3 Å². The van der Waals surface area contributed by atoms with Crippen molar-refractivity contribution in [2.24, 2.45) is 11.5 Å². The van der Waals surface area contributed by atoms with Gasteiger partial charge in [0.25, 0.3) is 0 Å². The first kappa shape index (κ1) is 18.1. The van der Waals surface area contributed by atoms with Crippen molar-refractivity contribution in [2.75, 3.05) is 22.9 Å². The Bertz CT molecular complexity index is 875. The van der Waals surface area contributed by atoms with E-state index in [2.05, 4.69) is 9.88 Å². The zero-order valence-corrected chi connectivity index (χ0v) is 15.5. The first-order chi connectivity index (χ1) is 13.0. The van der Waals surface area contributed by atoms with Crippen LogP contribution in [0.1, 0.15) is 23.8 Å². The molecule has 27 heavy (non-hydrogen) atoms. The van der Waals surface area contributed by atoms with Gasteiger partial charge in [-0.3, -0.25) is 4.98 Å². The van der Waals surface area contributed by atoms with Crippen LogP contribution in [0.2, 0.25) is 0 Å². The topological polar surface area (TPSA) is 71.4 Å². The molecule has 5 nitrogen and oxygen atoms in total. The molecule has 2 atom stereocenters. The van der Waals surface area contributed by atoms with Gasteiger partial charge < -0.3 is 21.3 Å². The van der Waals surface area contributed by atoms with Crippen LogP contribution in [0.3, 0.4) is 0 Å². The minimum Gasteiger partial charge on any atom is -0.392 e. The van der Waals surface area contributed by atoms with Gasteiger partial charge in [0.2, 0.25) is 0 Å². The van der Waals surface area contributed by atoms with Crippen LogP contribution < -0.4 is 21.3 Å². The van der Waals surface area contributed by atoms with Crippen LogP contribution in [-0.4, -0.2) is 24.1 Å². The van der Waals surface area contributed by atoms with Crippen LogP contribution in [0, 0.1) is 11.6 Å². The third-order valence-electron chi connectivity index (χ3n) is 4.85. The molecule has 1 unspecified atom stereocenters. The Labute approximate surface area is 161 Å². The zero-order valence-electron chi connectivity index (χ0n) is 14.7. The molecule has 1 fully saturated rings. The molecule has 4 N–H and O–H groups in total. The van der Waals surface area contributed by atoms with Gasteiger partial charge in [-0.15, -0.1) is 0 Å². The molecule has 4 rings (SSSR count). The van der Waals surface area contributed by atoms with Crippen molar-refractivity contribution < 1.29 is 8.78 Å². The molecule has 0 bridgehead atoms. The van der Waals surface area contributed by atoms with Gasteiger partial charge in [-0.05, 0) is 37.1 Å². The van der Waals surface area contributed by atoms with Gasteiger partial charge >= 0.3 is 0 Å². The maximum atomic E-state index is 14.4. The number of pyridine rings is 1. The minimum atomic E-state index is -0.498. The van der Waals surface area contributed by atoms with E-state index in [0.29, 0.717) is 5.03 Å². The van der Waals surface area contributed by atoms with Crippen LogP contribution in [0.15, 0.2) is 47.9 Å². The normalized spacial score (nSPS) is 22.9. The summed E-state index contributed by atoms with van der Waals surface area (Å²) in [5.41, 5.74) is 14.2. The number of piperidine rings is 1. The molecule has 1 aromatic heterocycles. The highest BCUT2D eigenvalue weighted by Gasteiger charge is 2.32. The average Bonchev–Trinajstić information content (AvgIpc) is 3.05. The quantitative estimate of drug-likeness (QED) is 0.839. The summed E-state index contributed by atoms with van der Waals surface area (Å²) in [6.07, 6.45) is 7.23. The predicted molar refractivity (Wildman–Crippen MR) is 105 cm³/mol. The first-order valence-corrected chi connectivity index (χ1v) is 9.72. The van der Waals surface area contributed by atoms with Crippen molar-refractivity contribution >= 4 is 23.1 Å². The molecule has 0 spiro atoms. The largest absolute Gasteiger partial charge is 0.392 e. The fourth-order valence-electron chi connectivity index (χ4n) is 3.61. The van der Waals surface area contributed by atoms with Gasteiger partial charge in [0.1, 0.15) is 17.0 Å². The third kappa shape index (κ3) is 3.59. The summed E-state index contributed by atoms with van der Waals surface area (Å²) >= 11 is 1.29. The molecule has 8 heteroatoms. The summed E-state index contributed by atoms with van der Waals surface area (Å²) in [5, 5.41) is 0.0379. The Kier molecular flexibility index (Phi) is 4.92. The van der Waals surface area contributed by atoms with E-state index in [4.69, 9.17) is 11.5 Å². The number of aromatic nitrogens is 1. The number of anilines is 2. The number of hydrogen-bond acceptors (Lipinski definition) is 6. The van der Waals surface area contributed by atoms with Crippen LogP contribution in [-0.2, 0) is 0 Å². The highest BCUT2D eigenvalue weighted by atomic mass is 32.2. The van der Waals surface area contributed by atoms with E-state index in [1.54, 1.807) is 18.6 Å². The number of nitrogens with two attached hydrogens (primary N) is 2. The number of benzene rings is 1. The summed E-state index contributed by atoms with van der Waals surface area (Å²) < 4.78 is 28.2. The second-order valence-corrected chi connectivity index (χ2v) is 7.94. The molecule has 0 saturated carbocycles. The summed E-state index contributed by atoms with van der Waals surface area (Å²) in [4.78, 5) is 8.33. The molecule has 3 heterocycles. The van der Waals surface area contributed by atoms with E-state index < -0.39 is 17.0 Å². The molecule has 0 aliphatic carbocycles. The van der Waals surface area contributed by atoms with E-state index >= 15 is 0 Å². The van der Waals surface area contributed by atoms with Gasteiger partial charge in [-0.1, -0.05) is 11.8 Å². The van der Waals surface area contributed by atoms with Crippen molar-refractivity contribution in [1.82, 2.24) is 4.98 Å². The lowest BCUT2D eigenvalue weighted by Crippen LogP contribution is -2.43. The summed E-state index contributed by atoms with van der Waals surface area (Å²) in [6, 6.07) is 5.53. The summed E-state index contributed by atoms with van der Waals surface area (Å²) in [5.74, 6) is -0.946. The van der Waals surface area contributed by atoms with Crippen LogP contribution >= 0.6 is 11.8 Å². The Morgan fingerprint density at radius 1 is 1.19 bits per heavy atom. The lowest BCUT2D eigenvalue weighted by molar-refractivity contribution is 0.506. The van der Waals surface area contributed by atoms with Gasteiger partial charge in [-0.25, -0.2) is 8.78 Å². The maximum absolute atomic E-state index is 14.4. The van der Waals surface area contributed by atoms with E-state index in [1.165, 1.54) is 17.8 Å². The van der Waals surface area contributed by atoms with Gasteiger partial charge in [0.15, 0.2) is 0 Å². The number of rotatable bonds is 3.